The quantitative estimate of drug-likeness (QED) is 0.418. The Morgan fingerprint density at radius 1 is 0.727 bits per heavy atom. The third kappa shape index (κ3) is 7.54. The van der Waals surface area contributed by atoms with E-state index in [2.05, 4.69) is 13.8 Å². The van der Waals surface area contributed by atoms with E-state index >= 15 is 0 Å². The van der Waals surface area contributed by atoms with Crippen molar-refractivity contribution in [1.82, 2.24) is 0 Å². The second-order valence-corrected chi connectivity index (χ2v) is 15.0. The molecule has 0 heterocycles. The zero-order valence-corrected chi connectivity index (χ0v) is 22.3. The first-order valence-electron chi connectivity index (χ1n) is 11.0. The van der Waals surface area contributed by atoms with Crippen molar-refractivity contribution in [3.05, 3.63) is 47.5 Å². The minimum Gasteiger partial charge on any atom is -0.371 e. The van der Waals surface area contributed by atoms with E-state index in [1.54, 1.807) is 26.0 Å². The number of hydrogen-bond acceptors (Lipinski definition) is 6. The highest BCUT2D eigenvalue weighted by Gasteiger charge is 2.37. The number of hydrogen-bond donors (Lipinski definition) is 2. The molecule has 0 atom stereocenters. The molecule has 33 heavy (non-hydrogen) atoms. The summed E-state index contributed by atoms with van der Waals surface area (Å²) in [5.41, 5.74) is 1.38. The van der Waals surface area contributed by atoms with Crippen molar-refractivity contribution in [3.8, 4) is 11.5 Å². The molecule has 2 aromatic rings. The van der Waals surface area contributed by atoms with E-state index in [9.17, 15) is 16.8 Å². The first-order valence-corrected chi connectivity index (χ1v) is 16.3. The summed E-state index contributed by atoms with van der Waals surface area (Å²) in [6.45, 7) is 7.91. The molecule has 8 nitrogen and oxygen atoms in total. The number of unbranched alkanes of at least 4 members (excludes halogenated alkanes) is 2. The molecule has 4 N–H and O–H groups in total. The molecule has 0 aliphatic carbocycles. The lowest BCUT2D eigenvalue weighted by Gasteiger charge is -2.34. The summed E-state index contributed by atoms with van der Waals surface area (Å²) >= 11 is 0. The molecule has 0 aliphatic heterocycles. The van der Waals surface area contributed by atoms with Gasteiger partial charge in [0.25, 0.3) is 0 Å². The van der Waals surface area contributed by atoms with Crippen molar-refractivity contribution in [1.29, 1.82) is 0 Å². The minimum atomic E-state index is -4.12. The Balaban J connectivity index is 2.66. The maximum Gasteiger partial charge on any atom is 0.380 e. The third-order valence-electron chi connectivity index (χ3n) is 5.78. The topological polar surface area (TPSA) is 139 Å². The van der Waals surface area contributed by atoms with Crippen LogP contribution in [0.3, 0.4) is 0 Å². The van der Waals surface area contributed by atoms with E-state index in [1.807, 2.05) is 24.3 Å². The molecule has 2 rings (SSSR count). The highest BCUT2D eigenvalue weighted by molar-refractivity contribution is 7.85. The Bertz CT molecular complexity index is 1090. The van der Waals surface area contributed by atoms with Crippen LogP contribution < -0.4 is 29.0 Å². The molecule has 0 unspecified atom stereocenters. The van der Waals surface area contributed by atoms with Gasteiger partial charge in [0.1, 0.15) is 19.6 Å². The Hall–Kier alpha value is -1.92. The van der Waals surface area contributed by atoms with Crippen molar-refractivity contribution in [2.24, 2.45) is 10.3 Å². The highest BCUT2D eigenvalue weighted by atomic mass is 32.2. The predicted molar refractivity (Wildman–Crippen MR) is 134 cm³/mol. The SMILES string of the molecule is CCCC[Si](CCCC)(c1ccc(OS(N)(=O)=O)c(C)c1)c1ccc(OS(N)(=O)=O)c(C)c1. The van der Waals surface area contributed by atoms with Gasteiger partial charge in [-0.25, -0.2) is 0 Å². The molecule has 0 fully saturated rings. The van der Waals surface area contributed by atoms with E-state index in [-0.39, 0.29) is 11.5 Å². The monoisotopic (exact) mass is 514 g/mol. The van der Waals surface area contributed by atoms with Gasteiger partial charge in [-0.3, -0.25) is 0 Å². The molecule has 0 spiro atoms. The van der Waals surface area contributed by atoms with Gasteiger partial charge < -0.3 is 8.37 Å². The van der Waals surface area contributed by atoms with Crippen molar-refractivity contribution >= 4 is 39.1 Å². The smallest absolute Gasteiger partial charge is 0.371 e. The van der Waals surface area contributed by atoms with Crippen LogP contribution in [-0.2, 0) is 20.6 Å². The zero-order chi connectivity index (χ0) is 24.9. The number of rotatable bonds is 12. The molecule has 0 radical (unpaired) electrons. The van der Waals surface area contributed by atoms with Crippen LogP contribution in [0.15, 0.2) is 36.4 Å². The van der Waals surface area contributed by atoms with Crippen LogP contribution in [-0.4, -0.2) is 24.9 Å². The van der Waals surface area contributed by atoms with Crippen molar-refractivity contribution in [2.75, 3.05) is 0 Å². The van der Waals surface area contributed by atoms with Gasteiger partial charge in [0, 0.05) is 0 Å². The molecule has 11 heteroatoms. The van der Waals surface area contributed by atoms with Crippen LogP contribution >= 0.6 is 0 Å². The Morgan fingerprint density at radius 2 is 1.09 bits per heavy atom. The molecule has 0 bridgehead atoms. The Kier molecular flexibility index (Phi) is 9.11. The summed E-state index contributed by atoms with van der Waals surface area (Å²) in [7, 11) is -10.5. The van der Waals surface area contributed by atoms with Gasteiger partial charge >= 0.3 is 20.6 Å². The second kappa shape index (κ2) is 11.0. The molecule has 0 amide bonds. The second-order valence-electron chi connectivity index (χ2n) is 8.40. The van der Waals surface area contributed by atoms with Crippen LogP contribution in [0.2, 0.25) is 12.1 Å². The molecule has 184 valence electrons. The van der Waals surface area contributed by atoms with E-state index in [0.717, 1.165) is 37.8 Å². The van der Waals surface area contributed by atoms with Crippen LogP contribution in [0.4, 0.5) is 0 Å². The van der Waals surface area contributed by atoms with E-state index in [4.69, 9.17) is 18.6 Å². The number of aryl methyl sites for hydroxylation is 2. The highest BCUT2D eigenvalue weighted by Crippen LogP contribution is 2.27. The number of benzene rings is 2. The molecule has 0 saturated heterocycles. The summed E-state index contributed by atoms with van der Waals surface area (Å²) in [6, 6.07) is 13.2. The first-order chi connectivity index (χ1) is 15.3. The van der Waals surface area contributed by atoms with Gasteiger partial charge in [0.05, 0.1) is 0 Å². The summed E-state index contributed by atoms with van der Waals surface area (Å²) in [4.78, 5) is 0. The van der Waals surface area contributed by atoms with Crippen LogP contribution in [0, 0.1) is 13.8 Å². The van der Waals surface area contributed by atoms with Crippen molar-refractivity contribution < 1.29 is 25.2 Å². The summed E-state index contributed by atoms with van der Waals surface area (Å²) in [6.07, 6.45) is 4.16. The maximum absolute atomic E-state index is 11.4. The van der Waals surface area contributed by atoms with E-state index in [1.165, 1.54) is 10.4 Å². The van der Waals surface area contributed by atoms with Crippen LogP contribution in [0.1, 0.15) is 50.7 Å². The largest absolute Gasteiger partial charge is 0.380 e. The minimum absolute atomic E-state index is 0.211. The summed E-state index contributed by atoms with van der Waals surface area (Å²) < 4.78 is 55.5. The average molecular weight is 515 g/mol. The fourth-order valence-corrected chi connectivity index (χ4v) is 10.5. The van der Waals surface area contributed by atoms with E-state index < -0.39 is 28.7 Å². The van der Waals surface area contributed by atoms with Gasteiger partial charge in [0.2, 0.25) is 0 Å². The third-order valence-corrected chi connectivity index (χ3v) is 11.9. The summed E-state index contributed by atoms with van der Waals surface area (Å²) in [5, 5.41) is 12.4. The van der Waals surface area contributed by atoms with Gasteiger partial charge in [-0.2, -0.15) is 27.1 Å². The van der Waals surface area contributed by atoms with Crippen LogP contribution in [0.5, 0.6) is 11.5 Å². The summed E-state index contributed by atoms with van der Waals surface area (Å²) in [5.74, 6) is 0.423. The van der Waals surface area contributed by atoms with Crippen molar-refractivity contribution in [3.63, 3.8) is 0 Å². The molecule has 0 aliphatic rings. The fourth-order valence-electron chi connectivity index (χ4n) is 4.16. The lowest BCUT2D eigenvalue weighted by atomic mass is 10.2. The van der Waals surface area contributed by atoms with Gasteiger partial charge in [0.15, 0.2) is 0 Å². The lowest BCUT2D eigenvalue weighted by Crippen LogP contribution is -2.58. The van der Waals surface area contributed by atoms with Gasteiger partial charge in [-0.1, -0.05) is 74.2 Å². The van der Waals surface area contributed by atoms with E-state index in [0.29, 0.717) is 11.1 Å². The molecule has 0 aromatic heterocycles. The molecular formula is C22H34N2O6S2Si. The first kappa shape index (κ1) is 27.3. The van der Waals surface area contributed by atoms with Gasteiger partial charge in [-0.15, -0.1) is 0 Å². The molecule has 0 saturated carbocycles. The zero-order valence-electron chi connectivity index (χ0n) is 19.6. The predicted octanol–water partition coefficient (Wildman–Crippen LogP) is 2.63. The number of nitrogens with two attached hydrogens (primary N) is 2. The Labute approximate surface area is 198 Å². The molecular weight excluding hydrogens is 480 g/mol. The Morgan fingerprint density at radius 3 is 1.36 bits per heavy atom. The normalized spacial score (nSPS) is 12.5. The average Bonchev–Trinajstić information content (AvgIpc) is 2.70. The maximum atomic E-state index is 11.4. The van der Waals surface area contributed by atoms with Crippen molar-refractivity contribution in [2.45, 2.75) is 65.5 Å². The van der Waals surface area contributed by atoms with Crippen LogP contribution in [0.25, 0.3) is 0 Å². The lowest BCUT2D eigenvalue weighted by molar-refractivity contribution is 0.484. The van der Waals surface area contributed by atoms with Gasteiger partial charge in [-0.05, 0) is 49.2 Å². The fraction of sp³-hybridized carbons (Fsp3) is 0.455. The standard InChI is InChI=1S/C22H34N2O6S2Si/c1-5-7-13-33(14-8-6-2,19-9-11-21(17(3)15-19)29-31(23,25)26)20-10-12-22(18(4)16-20)30-32(24,27)28/h9-12,15-16H,5-8,13-14H2,1-4H3,(H2,23,25,26)(H2,24,27,28). The molecule has 2 aromatic carbocycles.